The number of hydrogen-bond donors (Lipinski definition) is 2. The van der Waals surface area contributed by atoms with Gasteiger partial charge in [0.25, 0.3) is 0 Å². The van der Waals surface area contributed by atoms with Gasteiger partial charge >= 0.3 is 0 Å². The standard InChI is InChI=1S/C15H32N2/c1-4-6-8-10-12-15(3,14(16)17)13-11-9-7-5-2/h4-13H2,1-3H3,(H3,16,17). The molecule has 0 fully saturated rings. The number of unbranched alkanes of at least 4 members (excludes halogenated alkanes) is 6. The zero-order valence-corrected chi connectivity index (χ0v) is 12.1. The van der Waals surface area contributed by atoms with Crippen LogP contribution in [0.1, 0.15) is 85.0 Å². The predicted octanol–water partition coefficient (Wildman–Crippen LogP) is 4.87. The van der Waals surface area contributed by atoms with Crippen molar-refractivity contribution in [2.45, 2.75) is 85.0 Å². The molecule has 2 heteroatoms. The molecule has 0 atom stereocenters. The zero-order chi connectivity index (χ0) is 13.1. The SMILES string of the molecule is CCCCCCC(C)(CCCCCC)C(=N)N. The number of amidine groups is 1. The van der Waals surface area contributed by atoms with Crippen LogP contribution in [0.15, 0.2) is 0 Å². The average molecular weight is 240 g/mol. The molecule has 0 heterocycles. The summed E-state index contributed by atoms with van der Waals surface area (Å²) in [5.74, 6) is 0.394. The van der Waals surface area contributed by atoms with Gasteiger partial charge < -0.3 is 5.73 Å². The van der Waals surface area contributed by atoms with E-state index in [4.69, 9.17) is 11.1 Å². The molecule has 2 nitrogen and oxygen atoms in total. The highest BCUT2D eigenvalue weighted by Crippen LogP contribution is 2.31. The molecule has 0 rings (SSSR count). The van der Waals surface area contributed by atoms with Crippen LogP contribution >= 0.6 is 0 Å². The summed E-state index contributed by atoms with van der Waals surface area (Å²) in [5, 5.41) is 7.79. The lowest BCUT2D eigenvalue weighted by molar-refractivity contribution is 0.353. The summed E-state index contributed by atoms with van der Waals surface area (Å²) in [6, 6.07) is 0. The number of hydrogen-bond acceptors (Lipinski definition) is 1. The van der Waals surface area contributed by atoms with Crippen LogP contribution in [0.3, 0.4) is 0 Å². The topological polar surface area (TPSA) is 49.9 Å². The molecular weight excluding hydrogens is 208 g/mol. The van der Waals surface area contributed by atoms with Gasteiger partial charge in [0.15, 0.2) is 0 Å². The van der Waals surface area contributed by atoms with Crippen LogP contribution in [0.5, 0.6) is 0 Å². The Morgan fingerprint density at radius 2 is 1.29 bits per heavy atom. The highest BCUT2D eigenvalue weighted by Gasteiger charge is 2.26. The molecule has 0 aliphatic heterocycles. The van der Waals surface area contributed by atoms with Crippen LogP contribution in [0.25, 0.3) is 0 Å². The van der Waals surface area contributed by atoms with Crippen LogP contribution in [-0.4, -0.2) is 5.84 Å². The molecule has 0 aliphatic rings. The molecule has 102 valence electrons. The molecule has 0 aromatic rings. The molecular formula is C15H32N2. The monoisotopic (exact) mass is 240 g/mol. The lowest BCUT2D eigenvalue weighted by Gasteiger charge is -2.28. The minimum Gasteiger partial charge on any atom is -0.387 e. The molecule has 17 heavy (non-hydrogen) atoms. The first-order valence-electron chi connectivity index (χ1n) is 7.41. The quantitative estimate of drug-likeness (QED) is 0.302. The Morgan fingerprint density at radius 1 is 0.882 bits per heavy atom. The molecule has 0 aromatic heterocycles. The van der Waals surface area contributed by atoms with E-state index in [0.717, 1.165) is 12.8 Å². The summed E-state index contributed by atoms with van der Waals surface area (Å²) in [4.78, 5) is 0. The molecule has 0 aliphatic carbocycles. The minimum atomic E-state index is -0.0402. The van der Waals surface area contributed by atoms with E-state index in [-0.39, 0.29) is 5.41 Å². The van der Waals surface area contributed by atoms with Crippen molar-refractivity contribution in [3.05, 3.63) is 0 Å². The number of rotatable bonds is 11. The number of nitrogens with one attached hydrogen (secondary N) is 1. The van der Waals surface area contributed by atoms with Crippen molar-refractivity contribution >= 4 is 5.84 Å². The predicted molar refractivity (Wildman–Crippen MR) is 77.5 cm³/mol. The van der Waals surface area contributed by atoms with Crippen molar-refractivity contribution in [3.63, 3.8) is 0 Å². The van der Waals surface area contributed by atoms with Crippen LogP contribution in [0, 0.1) is 10.8 Å². The third-order valence-corrected chi connectivity index (χ3v) is 3.81. The molecule has 0 unspecified atom stereocenters. The smallest absolute Gasteiger partial charge is 0.0965 e. The fourth-order valence-electron chi connectivity index (χ4n) is 2.28. The van der Waals surface area contributed by atoms with Gasteiger partial charge in [-0.1, -0.05) is 72.1 Å². The Kier molecular flexibility index (Phi) is 9.20. The lowest BCUT2D eigenvalue weighted by atomic mass is 9.78. The van der Waals surface area contributed by atoms with Crippen molar-refractivity contribution in [1.82, 2.24) is 0 Å². The van der Waals surface area contributed by atoms with Crippen molar-refractivity contribution in [2.75, 3.05) is 0 Å². The van der Waals surface area contributed by atoms with Gasteiger partial charge in [-0.05, 0) is 12.8 Å². The van der Waals surface area contributed by atoms with Crippen molar-refractivity contribution in [1.29, 1.82) is 5.41 Å². The van der Waals surface area contributed by atoms with Crippen LogP contribution < -0.4 is 5.73 Å². The van der Waals surface area contributed by atoms with Gasteiger partial charge in [-0.15, -0.1) is 0 Å². The van der Waals surface area contributed by atoms with E-state index in [1.807, 2.05) is 0 Å². The molecule has 0 aromatic carbocycles. The fraction of sp³-hybridized carbons (Fsp3) is 0.933. The molecule has 3 N–H and O–H groups in total. The highest BCUT2D eigenvalue weighted by molar-refractivity contribution is 5.83. The third kappa shape index (κ3) is 7.40. The first kappa shape index (κ1) is 16.5. The van der Waals surface area contributed by atoms with E-state index in [1.165, 1.54) is 51.4 Å². The molecule has 0 spiro atoms. The maximum Gasteiger partial charge on any atom is 0.0965 e. The summed E-state index contributed by atoms with van der Waals surface area (Å²) in [5.41, 5.74) is 5.74. The molecule has 0 radical (unpaired) electrons. The van der Waals surface area contributed by atoms with E-state index in [1.54, 1.807) is 0 Å². The van der Waals surface area contributed by atoms with Gasteiger partial charge in [-0.25, -0.2) is 0 Å². The second-order valence-electron chi connectivity index (χ2n) is 5.60. The highest BCUT2D eigenvalue weighted by atomic mass is 14.7. The molecule has 0 bridgehead atoms. The Bertz CT molecular complexity index is 187. The maximum atomic E-state index is 7.79. The maximum absolute atomic E-state index is 7.79. The van der Waals surface area contributed by atoms with Crippen molar-refractivity contribution < 1.29 is 0 Å². The summed E-state index contributed by atoms with van der Waals surface area (Å²) in [6.45, 7) is 6.64. The summed E-state index contributed by atoms with van der Waals surface area (Å²) < 4.78 is 0. The minimum absolute atomic E-state index is 0.0402. The summed E-state index contributed by atoms with van der Waals surface area (Å²) in [6.07, 6.45) is 12.4. The van der Waals surface area contributed by atoms with Gasteiger partial charge in [0.2, 0.25) is 0 Å². The Balaban J connectivity index is 3.94. The average Bonchev–Trinajstić information content (AvgIpc) is 2.30. The molecule has 0 saturated heterocycles. The Labute approximate surface area is 108 Å². The summed E-state index contributed by atoms with van der Waals surface area (Å²) >= 11 is 0. The van der Waals surface area contributed by atoms with E-state index in [0.29, 0.717) is 5.84 Å². The first-order valence-corrected chi connectivity index (χ1v) is 7.41. The first-order chi connectivity index (χ1) is 8.06. The normalized spacial score (nSPS) is 11.7. The van der Waals surface area contributed by atoms with E-state index >= 15 is 0 Å². The van der Waals surface area contributed by atoms with Crippen LogP contribution in [0.2, 0.25) is 0 Å². The van der Waals surface area contributed by atoms with Crippen LogP contribution in [-0.2, 0) is 0 Å². The fourth-order valence-corrected chi connectivity index (χ4v) is 2.28. The Hall–Kier alpha value is -0.530. The lowest BCUT2D eigenvalue weighted by Crippen LogP contribution is -2.33. The molecule has 0 saturated carbocycles. The second kappa shape index (κ2) is 9.49. The van der Waals surface area contributed by atoms with Crippen molar-refractivity contribution in [3.8, 4) is 0 Å². The van der Waals surface area contributed by atoms with Gasteiger partial charge in [0.1, 0.15) is 0 Å². The van der Waals surface area contributed by atoms with Gasteiger partial charge in [0.05, 0.1) is 5.84 Å². The van der Waals surface area contributed by atoms with Crippen LogP contribution in [0.4, 0.5) is 0 Å². The Morgan fingerprint density at radius 3 is 1.59 bits per heavy atom. The largest absolute Gasteiger partial charge is 0.387 e. The zero-order valence-electron chi connectivity index (χ0n) is 12.1. The number of nitrogens with two attached hydrogens (primary N) is 1. The summed E-state index contributed by atoms with van der Waals surface area (Å²) in [7, 11) is 0. The third-order valence-electron chi connectivity index (χ3n) is 3.81. The molecule has 0 amide bonds. The van der Waals surface area contributed by atoms with E-state index in [2.05, 4.69) is 20.8 Å². The van der Waals surface area contributed by atoms with Gasteiger partial charge in [-0.3, -0.25) is 5.41 Å². The van der Waals surface area contributed by atoms with Gasteiger partial charge in [0, 0.05) is 5.41 Å². The second-order valence-corrected chi connectivity index (χ2v) is 5.60. The van der Waals surface area contributed by atoms with Gasteiger partial charge in [-0.2, -0.15) is 0 Å². The van der Waals surface area contributed by atoms with Crippen molar-refractivity contribution in [2.24, 2.45) is 11.1 Å². The van der Waals surface area contributed by atoms with E-state index < -0.39 is 0 Å². The van der Waals surface area contributed by atoms with E-state index in [9.17, 15) is 0 Å².